The van der Waals surface area contributed by atoms with Crippen molar-refractivity contribution >= 4 is 15.9 Å². The number of furan rings is 1. The molecule has 0 amide bonds. The second kappa shape index (κ2) is 5.69. The molecule has 0 spiro atoms. The minimum Gasteiger partial charge on any atom is -0.457 e. The predicted octanol–water partition coefficient (Wildman–Crippen LogP) is 3.41. The van der Waals surface area contributed by atoms with Gasteiger partial charge in [-0.05, 0) is 59.0 Å². The highest BCUT2D eigenvalue weighted by atomic mass is 79.9. The number of halogens is 1. The molecule has 0 saturated carbocycles. The molecular formula is C14H17BrN2O. The summed E-state index contributed by atoms with van der Waals surface area (Å²) < 4.78 is 6.00. The molecular weight excluding hydrogens is 292 g/mol. The Kier molecular flexibility index (Phi) is 4.22. The molecule has 2 rings (SSSR count). The van der Waals surface area contributed by atoms with Gasteiger partial charge in [0.15, 0.2) is 4.67 Å². The zero-order chi connectivity index (χ0) is 13.1. The molecule has 1 aromatic heterocycles. The van der Waals surface area contributed by atoms with Crippen LogP contribution in [0.3, 0.4) is 0 Å². The maximum atomic E-state index is 5.67. The fourth-order valence-corrected chi connectivity index (χ4v) is 2.70. The Hall–Kier alpha value is -1.10. The molecule has 4 heteroatoms. The molecule has 0 bridgehead atoms. The highest BCUT2D eigenvalue weighted by molar-refractivity contribution is 9.10. The summed E-state index contributed by atoms with van der Waals surface area (Å²) in [4.78, 5) is 0. The van der Waals surface area contributed by atoms with E-state index in [2.05, 4.69) is 53.4 Å². The largest absolute Gasteiger partial charge is 0.457 e. The van der Waals surface area contributed by atoms with Crippen LogP contribution in [-0.4, -0.2) is 0 Å². The third kappa shape index (κ3) is 2.66. The van der Waals surface area contributed by atoms with Crippen LogP contribution >= 0.6 is 15.9 Å². The maximum Gasteiger partial charge on any atom is 0.173 e. The van der Waals surface area contributed by atoms with E-state index in [9.17, 15) is 0 Å². The fourth-order valence-electron chi connectivity index (χ4n) is 2.19. The first kappa shape index (κ1) is 13.3. The summed E-state index contributed by atoms with van der Waals surface area (Å²) in [5.41, 5.74) is 7.80. The summed E-state index contributed by atoms with van der Waals surface area (Å²) in [6, 6.07) is 8.30. The first-order chi connectivity index (χ1) is 8.63. The first-order valence-electron chi connectivity index (χ1n) is 5.87. The molecule has 0 radical (unpaired) electrons. The van der Waals surface area contributed by atoms with Crippen molar-refractivity contribution in [3.05, 3.63) is 57.5 Å². The van der Waals surface area contributed by atoms with E-state index < -0.39 is 0 Å². The van der Waals surface area contributed by atoms with Crippen molar-refractivity contribution in [2.45, 2.75) is 26.3 Å². The van der Waals surface area contributed by atoms with Crippen molar-refractivity contribution in [1.82, 2.24) is 5.43 Å². The van der Waals surface area contributed by atoms with E-state index in [0.29, 0.717) is 0 Å². The van der Waals surface area contributed by atoms with Crippen LogP contribution < -0.4 is 11.3 Å². The Morgan fingerprint density at radius 3 is 2.44 bits per heavy atom. The molecule has 1 heterocycles. The third-order valence-corrected chi connectivity index (χ3v) is 3.92. The van der Waals surface area contributed by atoms with E-state index in [0.717, 1.165) is 16.7 Å². The summed E-state index contributed by atoms with van der Waals surface area (Å²) in [5.74, 6) is 5.67. The van der Waals surface area contributed by atoms with E-state index in [1.165, 1.54) is 16.7 Å². The van der Waals surface area contributed by atoms with Gasteiger partial charge in [-0.25, -0.2) is 0 Å². The molecule has 1 atom stereocenters. The van der Waals surface area contributed by atoms with E-state index >= 15 is 0 Å². The molecule has 18 heavy (non-hydrogen) atoms. The lowest BCUT2D eigenvalue weighted by atomic mass is 9.94. The number of hydrogen-bond acceptors (Lipinski definition) is 3. The Labute approximate surface area is 115 Å². The molecule has 1 unspecified atom stereocenters. The summed E-state index contributed by atoms with van der Waals surface area (Å²) in [6.45, 7) is 4.25. The lowest BCUT2D eigenvalue weighted by molar-refractivity contribution is 0.506. The van der Waals surface area contributed by atoms with Crippen LogP contribution in [0.4, 0.5) is 0 Å². The maximum absolute atomic E-state index is 5.67. The van der Waals surface area contributed by atoms with Gasteiger partial charge in [-0.1, -0.05) is 18.2 Å². The van der Waals surface area contributed by atoms with Gasteiger partial charge < -0.3 is 4.42 Å². The predicted molar refractivity (Wildman–Crippen MR) is 76.1 cm³/mol. The lowest BCUT2D eigenvalue weighted by Gasteiger charge is -2.18. The number of benzene rings is 1. The second-order valence-electron chi connectivity index (χ2n) is 4.44. The van der Waals surface area contributed by atoms with Crippen molar-refractivity contribution in [3.8, 4) is 0 Å². The monoisotopic (exact) mass is 308 g/mol. The van der Waals surface area contributed by atoms with Gasteiger partial charge in [0.2, 0.25) is 0 Å². The minimum absolute atomic E-state index is 0.0397. The normalized spacial score (nSPS) is 12.7. The molecule has 3 N–H and O–H groups in total. The van der Waals surface area contributed by atoms with Gasteiger partial charge in [0.05, 0.1) is 12.3 Å². The van der Waals surface area contributed by atoms with Crippen molar-refractivity contribution < 1.29 is 4.42 Å². The minimum atomic E-state index is 0.0397. The number of hydrazine groups is 1. The summed E-state index contributed by atoms with van der Waals surface area (Å²) in [6.07, 6.45) is 2.50. The van der Waals surface area contributed by atoms with Gasteiger partial charge in [0.1, 0.15) is 0 Å². The molecule has 0 saturated heterocycles. The smallest absolute Gasteiger partial charge is 0.173 e. The highest BCUT2D eigenvalue weighted by Gasteiger charge is 2.17. The Bertz CT molecular complexity index is 516. The van der Waals surface area contributed by atoms with Crippen molar-refractivity contribution in [2.24, 2.45) is 5.84 Å². The van der Waals surface area contributed by atoms with Crippen LogP contribution in [0.2, 0.25) is 0 Å². The average molecular weight is 309 g/mol. The summed E-state index contributed by atoms with van der Waals surface area (Å²) >= 11 is 3.40. The van der Waals surface area contributed by atoms with E-state index in [-0.39, 0.29) is 6.04 Å². The fraction of sp³-hybridized carbons (Fsp3) is 0.286. The average Bonchev–Trinajstić information content (AvgIpc) is 2.76. The van der Waals surface area contributed by atoms with Crippen LogP contribution in [0.1, 0.15) is 28.3 Å². The molecule has 1 aromatic carbocycles. The van der Waals surface area contributed by atoms with E-state index in [1.54, 1.807) is 6.26 Å². The highest BCUT2D eigenvalue weighted by Crippen LogP contribution is 2.28. The van der Waals surface area contributed by atoms with Gasteiger partial charge in [-0.2, -0.15) is 0 Å². The molecule has 2 aromatic rings. The molecule has 0 aliphatic heterocycles. The zero-order valence-corrected chi connectivity index (χ0v) is 12.1. The van der Waals surface area contributed by atoms with E-state index in [4.69, 9.17) is 10.3 Å². The van der Waals surface area contributed by atoms with Crippen LogP contribution in [0.25, 0.3) is 0 Å². The van der Waals surface area contributed by atoms with Gasteiger partial charge >= 0.3 is 0 Å². The zero-order valence-electron chi connectivity index (χ0n) is 10.5. The lowest BCUT2D eigenvalue weighted by Crippen LogP contribution is -2.29. The SMILES string of the molecule is Cc1cccc(C)c1CC(NN)c1ccoc1Br. The number of nitrogens with one attached hydrogen (secondary N) is 1. The van der Waals surface area contributed by atoms with E-state index in [1.807, 2.05) is 6.07 Å². The topological polar surface area (TPSA) is 51.2 Å². The van der Waals surface area contributed by atoms with Gasteiger partial charge in [0.25, 0.3) is 0 Å². The van der Waals surface area contributed by atoms with Gasteiger partial charge in [0, 0.05) is 5.56 Å². The van der Waals surface area contributed by atoms with Crippen LogP contribution in [0.15, 0.2) is 39.6 Å². The first-order valence-corrected chi connectivity index (χ1v) is 6.67. The number of nitrogens with two attached hydrogens (primary N) is 1. The Morgan fingerprint density at radius 1 is 1.28 bits per heavy atom. The molecule has 3 nitrogen and oxygen atoms in total. The molecule has 0 fully saturated rings. The van der Waals surface area contributed by atoms with Crippen LogP contribution in [0.5, 0.6) is 0 Å². The quantitative estimate of drug-likeness (QED) is 0.672. The Balaban J connectivity index is 2.29. The second-order valence-corrected chi connectivity index (χ2v) is 5.16. The van der Waals surface area contributed by atoms with Crippen molar-refractivity contribution in [2.75, 3.05) is 0 Å². The number of aryl methyl sites for hydroxylation is 2. The van der Waals surface area contributed by atoms with Crippen molar-refractivity contribution in [3.63, 3.8) is 0 Å². The molecule has 0 aliphatic carbocycles. The number of rotatable bonds is 4. The van der Waals surface area contributed by atoms with Gasteiger partial charge in [-0.3, -0.25) is 11.3 Å². The Morgan fingerprint density at radius 2 is 1.94 bits per heavy atom. The third-order valence-electron chi connectivity index (χ3n) is 3.28. The van der Waals surface area contributed by atoms with Gasteiger partial charge in [-0.15, -0.1) is 0 Å². The standard InChI is InChI=1S/C14H17BrN2O/c1-9-4-3-5-10(2)12(9)8-13(17-16)11-6-7-18-14(11)15/h3-7,13,17H,8,16H2,1-2H3. The summed E-state index contributed by atoms with van der Waals surface area (Å²) in [7, 11) is 0. The summed E-state index contributed by atoms with van der Waals surface area (Å²) in [5, 5.41) is 0. The number of hydrogen-bond donors (Lipinski definition) is 2. The molecule has 96 valence electrons. The van der Waals surface area contributed by atoms with Crippen LogP contribution in [0, 0.1) is 13.8 Å². The van der Waals surface area contributed by atoms with Crippen molar-refractivity contribution in [1.29, 1.82) is 0 Å². The molecule has 0 aliphatic rings. The van der Waals surface area contributed by atoms with Crippen LogP contribution in [-0.2, 0) is 6.42 Å².